The van der Waals surface area contributed by atoms with E-state index < -0.39 is 6.10 Å². The first-order chi connectivity index (χ1) is 7.49. The molecule has 1 aromatic carbocycles. The van der Waals surface area contributed by atoms with Crippen LogP contribution in [-0.2, 0) is 0 Å². The molecule has 2 unspecified atom stereocenters. The van der Waals surface area contributed by atoms with E-state index in [-0.39, 0.29) is 0 Å². The molecule has 2 nitrogen and oxygen atoms in total. The summed E-state index contributed by atoms with van der Waals surface area (Å²) in [6, 6.07) is 8.39. The Morgan fingerprint density at radius 2 is 2.25 bits per heavy atom. The summed E-state index contributed by atoms with van der Waals surface area (Å²) in [4.78, 5) is 0. The van der Waals surface area contributed by atoms with Gasteiger partial charge in [0.1, 0.15) is 0 Å². The number of halogens is 1. The fourth-order valence-electron chi connectivity index (χ4n) is 1.90. The molecule has 0 aromatic heterocycles. The second kappa shape index (κ2) is 4.47. The van der Waals surface area contributed by atoms with E-state index in [0.29, 0.717) is 18.0 Å². The summed E-state index contributed by atoms with van der Waals surface area (Å²) in [5, 5.41) is 13.4. The number of aliphatic hydroxyl groups is 1. The monoisotopic (exact) mass is 283 g/mol. The molecule has 16 heavy (non-hydrogen) atoms. The minimum Gasteiger partial charge on any atom is -0.387 e. The normalized spacial score (nSPS) is 24.1. The van der Waals surface area contributed by atoms with Crippen molar-refractivity contribution in [3.05, 3.63) is 34.3 Å². The average Bonchev–Trinajstić information content (AvgIpc) is 2.83. The van der Waals surface area contributed by atoms with E-state index in [0.717, 1.165) is 10.0 Å². The number of hydrogen-bond acceptors (Lipinski definition) is 2. The highest BCUT2D eigenvalue weighted by atomic mass is 79.9. The minimum atomic E-state index is -0.422. The van der Waals surface area contributed by atoms with E-state index in [4.69, 9.17) is 0 Å². The van der Waals surface area contributed by atoms with Crippen molar-refractivity contribution in [2.24, 2.45) is 5.41 Å². The average molecular weight is 284 g/mol. The zero-order chi connectivity index (χ0) is 11.8. The molecule has 0 amide bonds. The van der Waals surface area contributed by atoms with Crippen LogP contribution in [0.4, 0.5) is 0 Å². The van der Waals surface area contributed by atoms with Crippen molar-refractivity contribution >= 4 is 15.9 Å². The molecular formula is C13H18BrNO. The van der Waals surface area contributed by atoms with Crippen LogP contribution in [0.5, 0.6) is 0 Å². The molecule has 1 saturated carbocycles. The molecule has 0 bridgehead atoms. The smallest absolute Gasteiger partial charge is 0.0914 e. The van der Waals surface area contributed by atoms with Crippen LogP contribution in [0.15, 0.2) is 28.7 Å². The predicted molar refractivity (Wildman–Crippen MR) is 69.3 cm³/mol. The summed E-state index contributed by atoms with van der Waals surface area (Å²) in [6.07, 6.45) is 0.784. The number of rotatable bonds is 4. The Hall–Kier alpha value is -0.380. The highest BCUT2D eigenvalue weighted by Crippen LogP contribution is 2.44. The fraction of sp³-hybridized carbons (Fsp3) is 0.538. The highest BCUT2D eigenvalue weighted by molar-refractivity contribution is 9.10. The van der Waals surface area contributed by atoms with E-state index in [2.05, 4.69) is 35.1 Å². The van der Waals surface area contributed by atoms with Gasteiger partial charge in [0.25, 0.3) is 0 Å². The second-order valence-corrected chi connectivity index (χ2v) is 6.14. The first-order valence-electron chi connectivity index (χ1n) is 5.66. The van der Waals surface area contributed by atoms with Crippen molar-refractivity contribution in [2.75, 3.05) is 6.54 Å². The predicted octanol–water partition coefficient (Wildman–Crippen LogP) is 2.87. The van der Waals surface area contributed by atoms with Crippen molar-refractivity contribution in [3.63, 3.8) is 0 Å². The van der Waals surface area contributed by atoms with Gasteiger partial charge in [-0.15, -0.1) is 0 Å². The van der Waals surface area contributed by atoms with Gasteiger partial charge in [0.15, 0.2) is 0 Å². The van der Waals surface area contributed by atoms with E-state index in [9.17, 15) is 5.11 Å². The third-order valence-corrected chi connectivity index (χ3v) is 3.80. The summed E-state index contributed by atoms with van der Waals surface area (Å²) in [6.45, 7) is 5.12. The van der Waals surface area contributed by atoms with Crippen LogP contribution in [0.2, 0.25) is 0 Å². The van der Waals surface area contributed by atoms with Gasteiger partial charge in [-0.25, -0.2) is 0 Å². The summed E-state index contributed by atoms with van der Waals surface area (Å²) in [5.41, 5.74) is 1.37. The number of nitrogens with one attached hydrogen (secondary N) is 1. The molecule has 1 aliphatic rings. The molecule has 1 aliphatic carbocycles. The Morgan fingerprint density at radius 3 is 2.81 bits per heavy atom. The minimum absolute atomic E-state index is 0.414. The number of aliphatic hydroxyl groups excluding tert-OH is 1. The zero-order valence-corrected chi connectivity index (χ0v) is 11.3. The molecule has 0 aliphatic heterocycles. The Morgan fingerprint density at radius 1 is 1.56 bits per heavy atom. The Kier molecular flexibility index (Phi) is 3.38. The van der Waals surface area contributed by atoms with Crippen molar-refractivity contribution in [1.82, 2.24) is 5.32 Å². The molecular weight excluding hydrogens is 266 g/mol. The van der Waals surface area contributed by atoms with Gasteiger partial charge in [0.05, 0.1) is 6.10 Å². The van der Waals surface area contributed by atoms with Gasteiger partial charge >= 0.3 is 0 Å². The number of hydrogen-bond donors (Lipinski definition) is 2. The maximum Gasteiger partial charge on any atom is 0.0914 e. The van der Waals surface area contributed by atoms with Gasteiger partial charge in [0.2, 0.25) is 0 Å². The maximum absolute atomic E-state index is 10.0. The summed E-state index contributed by atoms with van der Waals surface area (Å²) in [7, 11) is 0. The summed E-state index contributed by atoms with van der Waals surface area (Å²) in [5.74, 6) is 0. The molecule has 2 atom stereocenters. The van der Waals surface area contributed by atoms with Gasteiger partial charge in [-0.2, -0.15) is 0 Å². The SMILES string of the molecule is CC1(C)CC1NCC(O)c1cccc(Br)c1. The van der Waals surface area contributed by atoms with Crippen LogP contribution in [-0.4, -0.2) is 17.7 Å². The van der Waals surface area contributed by atoms with Crippen molar-refractivity contribution in [3.8, 4) is 0 Å². The maximum atomic E-state index is 10.0. The quantitative estimate of drug-likeness (QED) is 0.891. The molecule has 0 spiro atoms. The van der Waals surface area contributed by atoms with Crippen LogP contribution in [0.25, 0.3) is 0 Å². The Balaban J connectivity index is 1.86. The topological polar surface area (TPSA) is 32.3 Å². The molecule has 0 radical (unpaired) electrons. The van der Waals surface area contributed by atoms with Crippen LogP contribution in [0.3, 0.4) is 0 Å². The first kappa shape index (κ1) is 12.1. The van der Waals surface area contributed by atoms with Crippen LogP contribution in [0.1, 0.15) is 31.9 Å². The standard InChI is InChI=1S/C13H18BrNO/c1-13(2)7-12(13)15-8-11(16)9-4-3-5-10(14)6-9/h3-6,11-12,15-16H,7-8H2,1-2H3. The molecule has 3 heteroatoms. The molecule has 0 saturated heterocycles. The van der Waals surface area contributed by atoms with E-state index in [1.165, 1.54) is 6.42 Å². The lowest BCUT2D eigenvalue weighted by Crippen LogP contribution is -2.26. The van der Waals surface area contributed by atoms with Crippen LogP contribution < -0.4 is 5.32 Å². The number of benzene rings is 1. The third-order valence-electron chi connectivity index (χ3n) is 3.30. The second-order valence-electron chi connectivity index (χ2n) is 5.22. The van der Waals surface area contributed by atoms with Gasteiger partial charge in [-0.05, 0) is 29.5 Å². The molecule has 2 rings (SSSR count). The third kappa shape index (κ3) is 2.84. The zero-order valence-electron chi connectivity index (χ0n) is 9.70. The Labute approximate surface area is 105 Å². The van der Waals surface area contributed by atoms with Gasteiger partial charge in [0, 0.05) is 17.1 Å². The fourth-order valence-corrected chi connectivity index (χ4v) is 2.32. The lowest BCUT2D eigenvalue weighted by molar-refractivity contribution is 0.172. The summed E-state index contributed by atoms with van der Waals surface area (Å²) < 4.78 is 1.01. The van der Waals surface area contributed by atoms with E-state index in [1.54, 1.807) is 0 Å². The van der Waals surface area contributed by atoms with Gasteiger partial charge in [-0.1, -0.05) is 41.9 Å². The van der Waals surface area contributed by atoms with Crippen LogP contribution >= 0.6 is 15.9 Å². The lowest BCUT2D eigenvalue weighted by Gasteiger charge is -2.13. The van der Waals surface area contributed by atoms with Gasteiger partial charge < -0.3 is 10.4 Å². The van der Waals surface area contributed by atoms with Crippen molar-refractivity contribution < 1.29 is 5.11 Å². The van der Waals surface area contributed by atoms with Crippen molar-refractivity contribution in [1.29, 1.82) is 0 Å². The molecule has 88 valence electrons. The molecule has 0 heterocycles. The molecule has 1 aromatic rings. The highest BCUT2D eigenvalue weighted by Gasteiger charge is 2.45. The van der Waals surface area contributed by atoms with Crippen molar-refractivity contribution in [2.45, 2.75) is 32.4 Å². The van der Waals surface area contributed by atoms with Gasteiger partial charge in [-0.3, -0.25) is 0 Å². The van der Waals surface area contributed by atoms with Crippen LogP contribution in [0, 0.1) is 5.41 Å². The van der Waals surface area contributed by atoms with E-state index in [1.807, 2.05) is 24.3 Å². The summed E-state index contributed by atoms with van der Waals surface area (Å²) >= 11 is 3.41. The van der Waals surface area contributed by atoms with E-state index >= 15 is 0 Å². The molecule has 1 fully saturated rings. The largest absolute Gasteiger partial charge is 0.387 e. The first-order valence-corrected chi connectivity index (χ1v) is 6.45. The lowest BCUT2D eigenvalue weighted by atomic mass is 10.1. The molecule has 2 N–H and O–H groups in total. The Bertz CT molecular complexity index is 378.